The average molecular weight is 484 g/mol. The van der Waals surface area contributed by atoms with Gasteiger partial charge in [-0.05, 0) is 44.7 Å². The molecule has 2 aromatic rings. The Labute approximate surface area is 210 Å². The number of methoxy groups -OCH3 is 2. The molecule has 1 fully saturated rings. The minimum Gasteiger partial charge on any atom is -0.493 e. The van der Waals surface area contributed by atoms with E-state index in [1.54, 1.807) is 20.3 Å². The second-order valence-electron chi connectivity index (χ2n) is 9.50. The summed E-state index contributed by atoms with van der Waals surface area (Å²) in [6.07, 6.45) is 0.766. The van der Waals surface area contributed by atoms with E-state index in [-0.39, 0.29) is 11.9 Å². The standard InChI is InChI=1S/C28H41N3O4/c1-21(2)31(20-24-17-29-18-25(24)30(3)19-22-10-7-6-8-11-22)28(32)23-12-13-26(34-5)27(16-23)35-15-9-14-33-4/h6-8,10-13,16,21,24-25,29H,9,14-15,17-20H2,1-5H3/t24-,25+/m0/s1. The van der Waals surface area contributed by atoms with Gasteiger partial charge in [-0.1, -0.05) is 30.3 Å². The van der Waals surface area contributed by atoms with E-state index < -0.39 is 0 Å². The molecular weight excluding hydrogens is 442 g/mol. The summed E-state index contributed by atoms with van der Waals surface area (Å²) in [5.74, 6) is 1.57. The first-order chi connectivity index (χ1) is 16.9. The van der Waals surface area contributed by atoms with Crippen LogP contribution >= 0.6 is 0 Å². The van der Waals surface area contributed by atoms with Gasteiger partial charge in [0.2, 0.25) is 0 Å². The van der Waals surface area contributed by atoms with E-state index in [0.29, 0.717) is 48.8 Å². The van der Waals surface area contributed by atoms with Crippen LogP contribution in [0.2, 0.25) is 0 Å². The second kappa shape index (κ2) is 13.5. The highest BCUT2D eigenvalue weighted by Crippen LogP contribution is 2.29. The SMILES string of the molecule is COCCCOc1cc(C(=O)N(C[C@@H]2CNC[C@H]2N(C)Cc2ccccc2)C(C)C)ccc1OC. The Morgan fingerprint density at radius 3 is 2.51 bits per heavy atom. The van der Waals surface area contributed by atoms with Crippen LogP contribution in [0.3, 0.4) is 0 Å². The lowest BCUT2D eigenvalue weighted by atomic mass is 9.99. The Morgan fingerprint density at radius 2 is 1.83 bits per heavy atom. The number of likely N-dealkylation sites (N-methyl/N-ethyl adjacent to an activating group) is 1. The van der Waals surface area contributed by atoms with Gasteiger partial charge < -0.3 is 24.4 Å². The van der Waals surface area contributed by atoms with Gasteiger partial charge in [-0.15, -0.1) is 0 Å². The minimum absolute atomic E-state index is 0.0146. The summed E-state index contributed by atoms with van der Waals surface area (Å²) in [5, 5.41) is 3.54. The molecular formula is C28H41N3O4. The number of nitrogens with zero attached hydrogens (tertiary/aromatic N) is 2. The fourth-order valence-corrected chi connectivity index (χ4v) is 4.66. The lowest BCUT2D eigenvalue weighted by Gasteiger charge is -2.35. The smallest absolute Gasteiger partial charge is 0.254 e. The molecule has 35 heavy (non-hydrogen) atoms. The Bertz CT molecular complexity index is 922. The number of hydrogen-bond acceptors (Lipinski definition) is 6. The number of rotatable bonds is 13. The monoisotopic (exact) mass is 483 g/mol. The van der Waals surface area contributed by atoms with Crippen LogP contribution in [0.1, 0.15) is 36.2 Å². The molecule has 7 heteroatoms. The van der Waals surface area contributed by atoms with Gasteiger partial charge >= 0.3 is 0 Å². The number of hydrogen-bond donors (Lipinski definition) is 1. The molecule has 0 unspecified atom stereocenters. The first-order valence-corrected chi connectivity index (χ1v) is 12.5. The number of benzene rings is 2. The molecule has 0 bridgehead atoms. The van der Waals surface area contributed by atoms with Crippen molar-refractivity contribution in [3.63, 3.8) is 0 Å². The molecule has 1 aliphatic rings. The molecule has 1 amide bonds. The molecule has 0 radical (unpaired) electrons. The zero-order valence-electron chi connectivity index (χ0n) is 21.8. The molecule has 3 rings (SSSR count). The van der Waals surface area contributed by atoms with E-state index in [2.05, 4.69) is 55.4 Å². The number of carbonyl (C=O) groups is 1. The largest absolute Gasteiger partial charge is 0.493 e. The quantitative estimate of drug-likeness (QED) is 0.439. The zero-order valence-corrected chi connectivity index (χ0v) is 21.8. The highest BCUT2D eigenvalue weighted by Gasteiger charge is 2.34. The van der Waals surface area contributed by atoms with Gasteiger partial charge in [0, 0.05) is 69.9 Å². The van der Waals surface area contributed by atoms with Crippen molar-refractivity contribution in [2.45, 2.75) is 38.9 Å². The topological polar surface area (TPSA) is 63.3 Å². The summed E-state index contributed by atoms with van der Waals surface area (Å²) >= 11 is 0. The third kappa shape index (κ3) is 7.43. The van der Waals surface area contributed by atoms with Crippen LogP contribution < -0.4 is 14.8 Å². The molecule has 0 spiro atoms. The average Bonchev–Trinajstić information content (AvgIpc) is 3.33. The van der Waals surface area contributed by atoms with Gasteiger partial charge in [-0.25, -0.2) is 0 Å². The maximum atomic E-state index is 13.6. The predicted octanol–water partition coefficient (Wildman–Crippen LogP) is 3.68. The van der Waals surface area contributed by atoms with Gasteiger partial charge in [0.05, 0.1) is 13.7 Å². The minimum atomic E-state index is 0.0146. The van der Waals surface area contributed by atoms with Crippen LogP contribution in [0.4, 0.5) is 0 Å². The molecule has 2 atom stereocenters. The van der Waals surface area contributed by atoms with Crippen LogP contribution in [0.15, 0.2) is 48.5 Å². The van der Waals surface area contributed by atoms with Gasteiger partial charge in [0.25, 0.3) is 5.91 Å². The highest BCUT2D eigenvalue weighted by molar-refractivity contribution is 5.95. The fourth-order valence-electron chi connectivity index (χ4n) is 4.66. The van der Waals surface area contributed by atoms with Crippen LogP contribution in [0, 0.1) is 5.92 Å². The van der Waals surface area contributed by atoms with Crippen molar-refractivity contribution in [2.24, 2.45) is 5.92 Å². The molecule has 0 aromatic heterocycles. The van der Waals surface area contributed by atoms with E-state index >= 15 is 0 Å². The third-order valence-electron chi connectivity index (χ3n) is 6.62. The van der Waals surface area contributed by atoms with Crippen molar-refractivity contribution >= 4 is 5.91 Å². The normalized spacial score (nSPS) is 17.7. The molecule has 1 N–H and O–H groups in total. The second-order valence-corrected chi connectivity index (χ2v) is 9.50. The first kappa shape index (κ1) is 27.0. The Hall–Kier alpha value is -2.61. The number of ether oxygens (including phenoxy) is 3. The molecule has 0 saturated carbocycles. The van der Waals surface area contributed by atoms with Crippen molar-refractivity contribution < 1.29 is 19.0 Å². The van der Waals surface area contributed by atoms with E-state index in [4.69, 9.17) is 14.2 Å². The summed E-state index contributed by atoms with van der Waals surface area (Å²) in [6, 6.07) is 16.4. The first-order valence-electron chi connectivity index (χ1n) is 12.5. The van der Waals surface area contributed by atoms with Crippen molar-refractivity contribution in [3.05, 3.63) is 59.7 Å². The van der Waals surface area contributed by atoms with Crippen molar-refractivity contribution in [1.29, 1.82) is 0 Å². The van der Waals surface area contributed by atoms with Crippen molar-refractivity contribution in [1.82, 2.24) is 15.1 Å². The molecule has 1 heterocycles. The summed E-state index contributed by atoms with van der Waals surface area (Å²) < 4.78 is 16.5. The van der Waals surface area contributed by atoms with Crippen LogP contribution in [-0.2, 0) is 11.3 Å². The number of amides is 1. The van der Waals surface area contributed by atoms with E-state index in [1.165, 1.54) is 5.56 Å². The number of carbonyl (C=O) groups excluding carboxylic acids is 1. The van der Waals surface area contributed by atoms with Crippen LogP contribution in [0.25, 0.3) is 0 Å². The maximum absolute atomic E-state index is 13.6. The van der Waals surface area contributed by atoms with Gasteiger partial charge in [-0.3, -0.25) is 9.69 Å². The van der Waals surface area contributed by atoms with E-state index in [9.17, 15) is 4.79 Å². The Kier molecular flexibility index (Phi) is 10.4. The Balaban J connectivity index is 1.71. The van der Waals surface area contributed by atoms with Gasteiger partial charge in [0.1, 0.15) is 0 Å². The highest BCUT2D eigenvalue weighted by atomic mass is 16.5. The summed E-state index contributed by atoms with van der Waals surface area (Å²) in [4.78, 5) is 18.0. The van der Waals surface area contributed by atoms with E-state index in [1.807, 2.05) is 23.1 Å². The zero-order chi connectivity index (χ0) is 25.2. The molecule has 7 nitrogen and oxygen atoms in total. The summed E-state index contributed by atoms with van der Waals surface area (Å²) in [5.41, 5.74) is 1.91. The molecule has 192 valence electrons. The molecule has 2 aromatic carbocycles. The van der Waals surface area contributed by atoms with Crippen LogP contribution in [-0.4, -0.2) is 81.9 Å². The summed E-state index contributed by atoms with van der Waals surface area (Å²) in [7, 11) is 5.46. The van der Waals surface area contributed by atoms with Crippen molar-refractivity contribution in [3.8, 4) is 11.5 Å². The molecule has 0 aliphatic carbocycles. The van der Waals surface area contributed by atoms with Crippen molar-refractivity contribution in [2.75, 3.05) is 54.1 Å². The Morgan fingerprint density at radius 1 is 1.06 bits per heavy atom. The predicted molar refractivity (Wildman–Crippen MR) is 139 cm³/mol. The lowest BCUT2D eigenvalue weighted by Crippen LogP contribution is -2.46. The number of nitrogens with one attached hydrogen (secondary N) is 1. The van der Waals surface area contributed by atoms with Crippen LogP contribution in [0.5, 0.6) is 11.5 Å². The fraction of sp³-hybridized carbons (Fsp3) is 0.536. The molecule has 1 saturated heterocycles. The lowest BCUT2D eigenvalue weighted by molar-refractivity contribution is 0.0639. The third-order valence-corrected chi connectivity index (χ3v) is 6.62. The van der Waals surface area contributed by atoms with Gasteiger partial charge in [-0.2, -0.15) is 0 Å². The summed E-state index contributed by atoms with van der Waals surface area (Å²) in [6.45, 7) is 8.69. The van der Waals surface area contributed by atoms with Gasteiger partial charge in [0.15, 0.2) is 11.5 Å². The maximum Gasteiger partial charge on any atom is 0.254 e. The molecule has 1 aliphatic heterocycles. The van der Waals surface area contributed by atoms with E-state index in [0.717, 1.165) is 26.1 Å².